The largest absolute Gasteiger partial charge is 0.493 e. The summed E-state index contributed by atoms with van der Waals surface area (Å²) in [5, 5.41) is 3.54. The second-order valence-electron chi connectivity index (χ2n) is 8.31. The fraction of sp³-hybridized carbons (Fsp3) is 0.591. The van der Waals surface area contributed by atoms with Crippen LogP contribution in [0.5, 0.6) is 5.75 Å². The number of piperazine rings is 1. The molecule has 6 nitrogen and oxygen atoms in total. The molecule has 0 spiro atoms. The molecule has 0 bridgehead atoms. The Morgan fingerprint density at radius 3 is 2.86 bits per heavy atom. The van der Waals surface area contributed by atoms with Crippen molar-refractivity contribution in [2.24, 2.45) is 12.5 Å². The summed E-state index contributed by atoms with van der Waals surface area (Å²) in [6.07, 6.45) is 7.71. The molecule has 2 heterocycles. The first-order valence-electron chi connectivity index (χ1n) is 10.3. The number of halogens is 1. The Balaban J connectivity index is 0.00000240. The van der Waals surface area contributed by atoms with Crippen LogP contribution in [0.4, 0.5) is 0 Å². The van der Waals surface area contributed by atoms with E-state index in [1.807, 2.05) is 24.5 Å². The Hall–Kier alpha value is -1.60. The Bertz CT molecular complexity index is 778. The van der Waals surface area contributed by atoms with Gasteiger partial charge in [-0.05, 0) is 30.5 Å². The van der Waals surface area contributed by atoms with E-state index >= 15 is 0 Å². The number of imidazole rings is 1. The van der Waals surface area contributed by atoms with E-state index < -0.39 is 0 Å². The Morgan fingerprint density at radius 2 is 2.17 bits per heavy atom. The molecule has 4 rings (SSSR count). The lowest BCUT2D eigenvalue weighted by Gasteiger charge is -2.47. The standard InChI is InChI=1S/C22H32N4O2.ClH/c1-25-11-10-24-21(25)20-14-23-9-12-26(20)16-22(7-4-8-22)17-28-19-6-3-5-18(13-19)15-27-2;/h3,5-6,10-11,13,20,23H,4,7-9,12,14-17H2,1-2H3;1H. The van der Waals surface area contributed by atoms with E-state index in [9.17, 15) is 0 Å². The van der Waals surface area contributed by atoms with Gasteiger partial charge in [0.25, 0.3) is 0 Å². The Kier molecular flexibility index (Phi) is 7.57. The summed E-state index contributed by atoms with van der Waals surface area (Å²) in [5.74, 6) is 2.09. The second kappa shape index (κ2) is 9.94. The molecular formula is C22H33ClN4O2. The minimum Gasteiger partial charge on any atom is -0.493 e. The normalized spacial score (nSPS) is 21.2. The van der Waals surface area contributed by atoms with Crippen molar-refractivity contribution in [2.45, 2.75) is 31.9 Å². The highest BCUT2D eigenvalue weighted by Gasteiger charge is 2.42. The quantitative estimate of drug-likeness (QED) is 0.710. The molecule has 0 amide bonds. The van der Waals surface area contributed by atoms with Crippen LogP contribution in [-0.4, -0.2) is 54.3 Å². The van der Waals surface area contributed by atoms with E-state index in [4.69, 9.17) is 9.47 Å². The van der Waals surface area contributed by atoms with Crippen LogP contribution in [0.2, 0.25) is 0 Å². The smallest absolute Gasteiger partial charge is 0.127 e. The summed E-state index contributed by atoms with van der Waals surface area (Å²) < 4.78 is 13.7. The van der Waals surface area contributed by atoms with Crippen molar-refractivity contribution in [1.29, 1.82) is 0 Å². The number of aromatic nitrogens is 2. The fourth-order valence-corrected chi connectivity index (χ4v) is 4.47. The molecule has 1 unspecified atom stereocenters. The lowest BCUT2D eigenvalue weighted by Crippen LogP contribution is -2.53. The summed E-state index contributed by atoms with van der Waals surface area (Å²) in [7, 11) is 3.81. The van der Waals surface area contributed by atoms with Crippen LogP contribution in [-0.2, 0) is 18.4 Å². The van der Waals surface area contributed by atoms with Crippen LogP contribution in [0, 0.1) is 5.41 Å². The minimum atomic E-state index is 0. The predicted octanol–water partition coefficient (Wildman–Crippen LogP) is 3.18. The molecule has 2 aromatic rings. The monoisotopic (exact) mass is 420 g/mol. The van der Waals surface area contributed by atoms with E-state index in [0.29, 0.717) is 12.6 Å². The average Bonchev–Trinajstić information content (AvgIpc) is 3.10. The molecule has 1 aromatic carbocycles. The van der Waals surface area contributed by atoms with Crippen molar-refractivity contribution in [3.63, 3.8) is 0 Å². The van der Waals surface area contributed by atoms with Crippen molar-refractivity contribution in [1.82, 2.24) is 19.8 Å². The maximum atomic E-state index is 6.27. The molecule has 1 atom stereocenters. The van der Waals surface area contributed by atoms with Gasteiger partial charge >= 0.3 is 0 Å². The fourth-order valence-electron chi connectivity index (χ4n) is 4.47. The molecule has 1 aliphatic carbocycles. The van der Waals surface area contributed by atoms with Gasteiger partial charge in [0.1, 0.15) is 11.6 Å². The maximum absolute atomic E-state index is 6.27. The summed E-state index contributed by atoms with van der Waals surface area (Å²) in [6.45, 7) is 5.53. The van der Waals surface area contributed by atoms with E-state index in [-0.39, 0.29) is 17.8 Å². The molecule has 1 aromatic heterocycles. The van der Waals surface area contributed by atoms with Crippen molar-refractivity contribution in [3.05, 3.63) is 48.0 Å². The van der Waals surface area contributed by atoms with E-state index in [2.05, 4.69) is 38.9 Å². The lowest BCUT2D eigenvalue weighted by molar-refractivity contribution is -0.00447. The number of nitrogens with zero attached hydrogens (tertiary/aromatic N) is 3. The van der Waals surface area contributed by atoms with Crippen molar-refractivity contribution >= 4 is 12.4 Å². The average molecular weight is 421 g/mol. The zero-order valence-corrected chi connectivity index (χ0v) is 18.3. The van der Waals surface area contributed by atoms with Gasteiger partial charge in [-0.1, -0.05) is 18.6 Å². The highest BCUT2D eigenvalue weighted by molar-refractivity contribution is 5.85. The van der Waals surface area contributed by atoms with Crippen LogP contribution in [0.1, 0.15) is 36.7 Å². The van der Waals surface area contributed by atoms with Crippen LogP contribution < -0.4 is 10.1 Å². The van der Waals surface area contributed by atoms with Crippen LogP contribution in [0.3, 0.4) is 0 Å². The molecule has 2 aliphatic rings. The molecule has 7 heteroatoms. The highest BCUT2D eigenvalue weighted by atomic mass is 35.5. The molecule has 1 N–H and O–H groups in total. The number of hydrogen-bond donors (Lipinski definition) is 1. The zero-order valence-electron chi connectivity index (χ0n) is 17.5. The SMILES string of the molecule is COCc1cccc(OCC2(CN3CCNCC3c3nccn3C)CCC2)c1.Cl. The van der Waals surface area contributed by atoms with Crippen molar-refractivity contribution < 1.29 is 9.47 Å². The van der Waals surface area contributed by atoms with Crippen molar-refractivity contribution in [3.8, 4) is 5.75 Å². The number of benzene rings is 1. The second-order valence-corrected chi connectivity index (χ2v) is 8.31. The summed E-state index contributed by atoms with van der Waals surface area (Å²) in [5.41, 5.74) is 1.40. The third kappa shape index (κ3) is 5.12. The Labute approximate surface area is 180 Å². The number of hydrogen-bond acceptors (Lipinski definition) is 5. The molecule has 1 saturated heterocycles. The van der Waals surface area contributed by atoms with Gasteiger partial charge in [-0.25, -0.2) is 4.98 Å². The zero-order chi connectivity index (χ0) is 19.4. The maximum Gasteiger partial charge on any atom is 0.127 e. The number of nitrogens with one attached hydrogen (secondary N) is 1. The first kappa shape index (κ1) is 22.1. The molecule has 1 saturated carbocycles. The van der Waals surface area contributed by atoms with Gasteiger partial charge in [-0.2, -0.15) is 0 Å². The predicted molar refractivity (Wildman–Crippen MR) is 117 cm³/mol. The van der Waals surface area contributed by atoms with E-state index in [1.165, 1.54) is 19.3 Å². The first-order valence-corrected chi connectivity index (χ1v) is 10.3. The molecule has 2 fully saturated rings. The van der Waals surface area contributed by atoms with Gasteiger partial charge in [0.05, 0.1) is 19.3 Å². The van der Waals surface area contributed by atoms with E-state index in [0.717, 1.165) is 49.9 Å². The van der Waals surface area contributed by atoms with Crippen LogP contribution >= 0.6 is 12.4 Å². The lowest BCUT2D eigenvalue weighted by atomic mass is 9.68. The highest BCUT2D eigenvalue weighted by Crippen LogP contribution is 2.43. The molecule has 1 aliphatic heterocycles. The third-order valence-corrected chi connectivity index (χ3v) is 6.22. The van der Waals surface area contributed by atoms with Crippen LogP contribution in [0.15, 0.2) is 36.7 Å². The summed E-state index contributed by atoms with van der Waals surface area (Å²) in [6, 6.07) is 8.60. The number of ether oxygens (including phenoxy) is 2. The minimum absolute atomic E-state index is 0. The summed E-state index contributed by atoms with van der Waals surface area (Å²) >= 11 is 0. The van der Waals surface area contributed by atoms with Gasteiger partial charge in [-0.15, -0.1) is 12.4 Å². The van der Waals surface area contributed by atoms with E-state index in [1.54, 1.807) is 7.11 Å². The molecule has 29 heavy (non-hydrogen) atoms. The van der Waals surface area contributed by atoms with Gasteiger partial charge < -0.3 is 19.4 Å². The number of methoxy groups -OCH3 is 1. The van der Waals surface area contributed by atoms with Gasteiger partial charge in [0.15, 0.2) is 0 Å². The topological polar surface area (TPSA) is 51.6 Å². The van der Waals surface area contributed by atoms with Crippen LogP contribution in [0.25, 0.3) is 0 Å². The van der Waals surface area contributed by atoms with Crippen molar-refractivity contribution in [2.75, 3.05) is 39.9 Å². The van der Waals surface area contributed by atoms with Gasteiger partial charge in [0.2, 0.25) is 0 Å². The Morgan fingerprint density at radius 1 is 1.31 bits per heavy atom. The summed E-state index contributed by atoms with van der Waals surface area (Å²) in [4.78, 5) is 7.24. The molecular weight excluding hydrogens is 388 g/mol. The third-order valence-electron chi connectivity index (χ3n) is 6.22. The molecule has 160 valence electrons. The number of rotatable bonds is 8. The molecule has 0 radical (unpaired) electrons. The number of aryl methyl sites for hydroxylation is 1. The van der Waals surface area contributed by atoms with Gasteiger partial charge in [-0.3, -0.25) is 4.90 Å². The first-order chi connectivity index (χ1) is 13.7. The van der Waals surface area contributed by atoms with Gasteiger partial charge in [0, 0.05) is 58.1 Å².